The molecular weight excluding hydrogens is 238 g/mol. The van der Waals surface area contributed by atoms with Crippen LogP contribution in [0.1, 0.15) is 58.0 Å². The summed E-state index contributed by atoms with van der Waals surface area (Å²) in [6.07, 6.45) is 2.06. The molecule has 0 saturated heterocycles. The van der Waals surface area contributed by atoms with Crippen LogP contribution in [-0.2, 0) is 6.54 Å². The molecule has 1 heterocycles. The fourth-order valence-electron chi connectivity index (χ4n) is 2.81. The topological polar surface area (TPSA) is 45.4 Å². The summed E-state index contributed by atoms with van der Waals surface area (Å²) in [5.41, 5.74) is -0.644. The minimum absolute atomic E-state index is 0.503. The summed E-state index contributed by atoms with van der Waals surface area (Å²) in [4.78, 5) is 0. The van der Waals surface area contributed by atoms with E-state index in [4.69, 9.17) is 4.42 Å². The van der Waals surface area contributed by atoms with Gasteiger partial charge in [0, 0.05) is 12.5 Å². The molecule has 3 nitrogen and oxygen atoms in total. The zero-order valence-corrected chi connectivity index (χ0v) is 12.6. The van der Waals surface area contributed by atoms with Gasteiger partial charge in [-0.15, -0.1) is 0 Å². The lowest BCUT2D eigenvalue weighted by Gasteiger charge is -2.25. The predicted molar refractivity (Wildman–Crippen MR) is 77.0 cm³/mol. The van der Waals surface area contributed by atoms with Crippen molar-refractivity contribution in [1.29, 1.82) is 0 Å². The molecule has 0 aliphatic heterocycles. The molecular formula is C16H27NO2. The molecule has 1 aromatic heterocycles. The fourth-order valence-corrected chi connectivity index (χ4v) is 2.81. The van der Waals surface area contributed by atoms with Gasteiger partial charge in [-0.3, -0.25) is 0 Å². The van der Waals surface area contributed by atoms with Crippen molar-refractivity contribution in [2.75, 3.05) is 6.54 Å². The van der Waals surface area contributed by atoms with Gasteiger partial charge in [-0.25, -0.2) is 0 Å². The van der Waals surface area contributed by atoms with E-state index in [1.807, 2.05) is 13.0 Å². The Labute approximate surface area is 116 Å². The average Bonchev–Trinajstić information content (AvgIpc) is 2.83. The van der Waals surface area contributed by atoms with Gasteiger partial charge in [0.25, 0.3) is 0 Å². The summed E-state index contributed by atoms with van der Waals surface area (Å²) in [5, 5.41) is 13.5. The molecule has 2 N–H and O–H groups in total. The monoisotopic (exact) mass is 265 g/mol. The van der Waals surface area contributed by atoms with E-state index in [1.54, 1.807) is 0 Å². The summed E-state index contributed by atoms with van der Waals surface area (Å²) in [6.45, 7) is 9.69. The smallest absolute Gasteiger partial charge is 0.117 e. The Hall–Kier alpha value is -0.800. The lowest BCUT2D eigenvalue weighted by molar-refractivity contribution is 0.0379. The molecule has 1 aromatic rings. The summed E-state index contributed by atoms with van der Waals surface area (Å²) < 4.78 is 5.83. The Bertz CT molecular complexity index is 409. The predicted octanol–water partition coefficient (Wildman–Crippen LogP) is 3.29. The number of furan rings is 1. The third-order valence-electron chi connectivity index (χ3n) is 3.81. The highest BCUT2D eigenvalue weighted by Gasteiger charge is 2.36. The van der Waals surface area contributed by atoms with Gasteiger partial charge < -0.3 is 14.8 Å². The van der Waals surface area contributed by atoms with Crippen LogP contribution in [0.5, 0.6) is 0 Å². The van der Waals surface area contributed by atoms with Crippen LogP contribution in [0.25, 0.3) is 0 Å². The maximum atomic E-state index is 10.2. The second kappa shape index (κ2) is 5.68. The maximum Gasteiger partial charge on any atom is 0.117 e. The normalized spacial score (nSPS) is 25.6. The summed E-state index contributed by atoms with van der Waals surface area (Å²) in [6, 6.07) is 4.14. The third kappa shape index (κ3) is 4.36. The molecule has 0 amide bonds. The van der Waals surface area contributed by atoms with Crippen molar-refractivity contribution in [3.8, 4) is 0 Å². The number of hydrogen-bond acceptors (Lipinski definition) is 3. The van der Waals surface area contributed by atoms with Crippen molar-refractivity contribution in [3.05, 3.63) is 23.7 Å². The molecule has 0 aromatic carbocycles. The summed E-state index contributed by atoms with van der Waals surface area (Å²) in [5.74, 6) is 4.01. The Morgan fingerprint density at radius 1 is 1.47 bits per heavy atom. The van der Waals surface area contributed by atoms with Crippen molar-refractivity contribution >= 4 is 0 Å². The standard InChI is InChI=1S/C16H27NO2/c1-11(2)8-16(4,18)10-17-9-13-5-6-15(19-13)14-7-12(14)3/h5-6,11-12,14,17-18H,7-10H2,1-4H3. The fraction of sp³-hybridized carbons (Fsp3) is 0.750. The van der Waals surface area contributed by atoms with Gasteiger partial charge in [0.2, 0.25) is 0 Å². The van der Waals surface area contributed by atoms with Crippen LogP contribution in [-0.4, -0.2) is 17.3 Å². The zero-order valence-electron chi connectivity index (χ0n) is 12.6. The van der Waals surface area contributed by atoms with E-state index >= 15 is 0 Å². The number of aliphatic hydroxyl groups is 1. The van der Waals surface area contributed by atoms with Crippen LogP contribution in [0.3, 0.4) is 0 Å². The van der Waals surface area contributed by atoms with E-state index < -0.39 is 5.60 Å². The molecule has 1 aliphatic rings. The molecule has 3 heteroatoms. The molecule has 108 valence electrons. The zero-order chi connectivity index (χ0) is 14.0. The molecule has 2 rings (SSSR count). The Balaban J connectivity index is 1.75. The maximum absolute atomic E-state index is 10.2. The summed E-state index contributed by atoms with van der Waals surface area (Å²) >= 11 is 0. The van der Waals surface area contributed by atoms with Gasteiger partial charge in [0.05, 0.1) is 12.1 Å². The molecule has 0 radical (unpaired) electrons. The average molecular weight is 265 g/mol. The number of nitrogens with one attached hydrogen (secondary N) is 1. The molecule has 0 spiro atoms. The highest BCUT2D eigenvalue weighted by Crippen LogP contribution is 2.47. The van der Waals surface area contributed by atoms with E-state index in [0.29, 0.717) is 24.9 Å². The molecule has 0 bridgehead atoms. The van der Waals surface area contributed by atoms with Gasteiger partial charge >= 0.3 is 0 Å². The highest BCUT2D eigenvalue weighted by atomic mass is 16.3. The van der Waals surface area contributed by atoms with Crippen LogP contribution in [0.15, 0.2) is 16.5 Å². The third-order valence-corrected chi connectivity index (χ3v) is 3.81. The molecule has 3 atom stereocenters. The van der Waals surface area contributed by atoms with Gasteiger partial charge in [-0.2, -0.15) is 0 Å². The van der Waals surface area contributed by atoms with Crippen molar-refractivity contribution < 1.29 is 9.52 Å². The van der Waals surface area contributed by atoms with Crippen LogP contribution < -0.4 is 5.32 Å². The lowest BCUT2D eigenvalue weighted by atomic mass is 9.94. The molecule has 3 unspecified atom stereocenters. The minimum Gasteiger partial charge on any atom is -0.464 e. The largest absolute Gasteiger partial charge is 0.464 e. The first-order valence-electron chi connectivity index (χ1n) is 7.39. The molecule has 1 saturated carbocycles. The van der Waals surface area contributed by atoms with Gasteiger partial charge in [0.15, 0.2) is 0 Å². The quantitative estimate of drug-likeness (QED) is 0.795. The van der Waals surface area contributed by atoms with E-state index in [2.05, 4.69) is 32.2 Å². The van der Waals surface area contributed by atoms with Gasteiger partial charge in [-0.1, -0.05) is 20.8 Å². The number of rotatable bonds is 7. The Morgan fingerprint density at radius 3 is 2.74 bits per heavy atom. The van der Waals surface area contributed by atoms with Crippen molar-refractivity contribution in [3.63, 3.8) is 0 Å². The summed E-state index contributed by atoms with van der Waals surface area (Å²) in [7, 11) is 0. The van der Waals surface area contributed by atoms with Crippen LogP contribution in [0.2, 0.25) is 0 Å². The highest BCUT2D eigenvalue weighted by molar-refractivity contribution is 5.17. The van der Waals surface area contributed by atoms with Crippen LogP contribution in [0, 0.1) is 11.8 Å². The molecule has 19 heavy (non-hydrogen) atoms. The van der Waals surface area contributed by atoms with E-state index in [1.165, 1.54) is 6.42 Å². The SMILES string of the molecule is CC(C)CC(C)(O)CNCc1ccc(C2CC2C)o1. The van der Waals surface area contributed by atoms with Crippen LogP contribution >= 0.6 is 0 Å². The van der Waals surface area contributed by atoms with E-state index in [9.17, 15) is 5.11 Å². The van der Waals surface area contributed by atoms with Gasteiger partial charge in [-0.05, 0) is 43.7 Å². The second-order valence-corrected chi connectivity index (χ2v) is 6.82. The van der Waals surface area contributed by atoms with Crippen molar-refractivity contribution in [2.45, 2.75) is 58.6 Å². The number of hydrogen-bond donors (Lipinski definition) is 2. The second-order valence-electron chi connectivity index (χ2n) is 6.82. The molecule has 1 aliphatic carbocycles. The van der Waals surface area contributed by atoms with Crippen molar-refractivity contribution in [1.82, 2.24) is 5.32 Å². The van der Waals surface area contributed by atoms with Crippen LogP contribution in [0.4, 0.5) is 0 Å². The Morgan fingerprint density at radius 2 is 2.16 bits per heavy atom. The van der Waals surface area contributed by atoms with Gasteiger partial charge in [0.1, 0.15) is 11.5 Å². The lowest BCUT2D eigenvalue weighted by Crippen LogP contribution is -2.38. The first-order valence-corrected chi connectivity index (χ1v) is 7.39. The molecule has 1 fully saturated rings. The van der Waals surface area contributed by atoms with Crippen molar-refractivity contribution in [2.24, 2.45) is 11.8 Å². The van der Waals surface area contributed by atoms with E-state index in [0.717, 1.165) is 23.9 Å². The Kier molecular flexibility index (Phi) is 4.36. The first-order chi connectivity index (χ1) is 8.87. The van der Waals surface area contributed by atoms with E-state index in [-0.39, 0.29) is 0 Å². The minimum atomic E-state index is -0.644. The first kappa shape index (κ1) is 14.6.